The Balaban J connectivity index is 2.06. The van der Waals surface area contributed by atoms with E-state index in [1.165, 1.54) is 20.1 Å². The minimum atomic E-state index is -1.47. The first-order chi connectivity index (χ1) is 13.9. The molecule has 0 saturated carbocycles. The minimum Gasteiger partial charge on any atom is -0.465 e. The first-order valence-electron chi connectivity index (χ1n) is 9.03. The van der Waals surface area contributed by atoms with Gasteiger partial charge in [-0.15, -0.1) is 0 Å². The largest absolute Gasteiger partial charge is 0.465 e. The Bertz CT molecular complexity index is 901. The number of aliphatic hydroxyl groups is 3. The van der Waals surface area contributed by atoms with E-state index in [2.05, 4.69) is 5.32 Å². The number of aliphatic hydroxyl groups excluding tert-OH is 3. The summed E-state index contributed by atoms with van der Waals surface area (Å²) < 4.78 is 16.4. The molecule has 0 unspecified atom stereocenters. The first kappa shape index (κ1) is 21.0. The van der Waals surface area contributed by atoms with Crippen LogP contribution in [0.25, 0.3) is 10.8 Å². The minimum absolute atomic E-state index is 0.123. The number of hydrogen-bond donors (Lipinski definition) is 4. The number of nitrogens with one attached hydrogen (secondary N) is 1. The van der Waals surface area contributed by atoms with Gasteiger partial charge in [-0.2, -0.15) is 0 Å². The van der Waals surface area contributed by atoms with Crippen LogP contribution in [0.15, 0.2) is 36.4 Å². The van der Waals surface area contributed by atoms with Crippen molar-refractivity contribution >= 4 is 22.6 Å². The summed E-state index contributed by atoms with van der Waals surface area (Å²) in [6.07, 6.45) is -5.34. The molecule has 2 aromatic rings. The van der Waals surface area contributed by atoms with E-state index in [4.69, 9.17) is 14.2 Å². The van der Waals surface area contributed by atoms with Gasteiger partial charge in [0.1, 0.15) is 35.7 Å². The normalized spacial score (nSPS) is 26.7. The summed E-state index contributed by atoms with van der Waals surface area (Å²) in [6, 6.07) is 9.27. The van der Waals surface area contributed by atoms with Crippen molar-refractivity contribution in [1.29, 1.82) is 0 Å². The molecule has 9 heteroatoms. The monoisotopic (exact) mass is 405 g/mol. The van der Waals surface area contributed by atoms with Crippen LogP contribution in [0, 0.1) is 0 Å². The number of carbonyl (C=O) groups excluding carboxylic acids is 2. The highest BCUT2D eigenvalue weighted by molar-refractivity contribution is 6.01. The molecule has 4 N–H and O–H groups in total. The Hall–Kier alpha value is -2.72. The Labute approximate surface area is 166 Å². The molecule has 0 radical (unpaired) electrons. The summed E-state index contributed by atoms with van der Waals surface area (Å²) in [4.78, 5) is 23.9. The third kappa shape index (κ3) is 4.18. The molecule has 1 saturated heterocycles. The standard InChI is InChI=1S/C20H23NO8/c1-10(23)21-15-17(25)16(24)14(9-22)28-20(15)29-18-12-6-4-3-5-11(12)7-8-13(18)19(26)27-2/h3-8,14-17,20,22,24-25H,9H2,1-2H3,(H,21,23)/t14-,15+,16+,17-,20+/m1/s1. The van der Waals surface area contributed by atoms with Crippen molar-refractivity contribution in [1.82, 2.24) is 5.32 Å². The van der Waals surface area contributed by atoms with Gasteiger partial charge >= 0.3 is 5.97 Å². The van der Waals surface area contributed by atoms with Crippen molar-refractivity contribution < 1.29 is 39.1 Å². The van der Waals surface area contributed by atoms with Gasteiger partial charge in [-0.05, 0) is 11.5 Å². The average Bonchev–Trinajstić information content (AvgIpc) is 2.72. The van der Waals surface area contributed by atoms with E-state index in [1.807, 2.05) is 12.1 Å². The van der Waals surface area contributed by atoms with Gasteiger partial charge in [-0.25, -0.2) is 4.79 Å². The van der Waals surface area contributed by atoms with Gasteiger partial charge in [0.25, 0.3) is 0 Å². The zero-order valence-corrected chi connectivity index (χ0v) is 15.9. The molecule has 2 aromatic carbocycles. The number of carbonyl (C=O) groups is 2. The molecule has 1 aliphatic heterocycles. The molecule has 1 aliphatic rings. The SMILES string of the molecule is COC(=O)c1ccc2ccccc2c1O[C@@H]1O[C@H](CO)[C@H](O)[C@H](O)[C@@H]1NC(C)=O. The molecule has 1 heterocycles. The molecule has 0 spiro atoms. The summed E-state index contributed by atoms with van der Waals surface area (Å²) >= 11 is 0. The fourth-order valence-corrected chi connectivity index (χ4v) is 3.33. The quantitative estimate of drug-likeness (QED) is 0.509. The van der Waals surface area contributed by atoms with Crippen LogP contribution in [0.2, 0.25) is 0 Å². The molecular formula is C20H23NO8. The van der Waals surface area contributed by atoms with E-state index < -0.39 is 49.1 Å². The number of rotatable bonds is 5. The highest BCUT2D eigenvalue weighted by Gasteiger charge is 2.46. The van der Waals surface area contributed by atoms with Gasteiger partial charge in [0.05, 0.1) is 13.7 Å². The van der Waals surface area contributed by atoms with E-state index in [0.717, 1.165) is 5.39 Å². The predicted molar refractivity (Wildman–Crippen MR) is 101 cm³/mol. The van der Waals surface area contributed by atoms with Crippen LogP contribution in [0.4, 0.5) is 0 Å². The van der Waals surface area contributed by atoms with Gasteiger partial charge in [0, 0.05) is 12.3 Å². The summed E-state index contributed by atoms with van der Waals surface area (Å²) in [5.41, 5.74) is 0.123. The summed E-state index contributed by atoms with van der Waals surface area (Å²) in [5, 5.41) is 33.9. The average molecular weight is 405 g/mol. The van der Waals surface area contributed by atoms with Crippen molar-refractivity contribution in [3.8, 4) is 5.75 Å². The molecular weight excluding hydrogens is 382 g/mol. The van der Waals surface area contributed by atoms with Crippen molar-refractivity contribution in [3.63, 3.8) is 0 Å². The number of esters is 1. The molecule has 29 heavy (non-hydrogen) atoms. The van der Waals surface area contributed by atoms with Gasteiger partial charge in [-0.3, -0.25) is 4.79 Å². The van der Waals surface area contributed by atoms with E-state index in [1.54, 1.807) is 18.2 Å². The van der Waals surface area contributed by atoms with Crippen LogP contribution >= 0.6 is 0 Å². The first-order valence-corrected chi connectivity index (χ1v) is 9.03. The third-order valence-electron chi connectivity index (χ3n) is 4.77. The zero-order chi connectivity index (χ0) is 21.1. The Kier molecular flexibility index (Phi) is 6.33. The van der Waals surface area contributed by atoms with Gasteiger partial charge in [0.2, 0.25) is 12.2 Å². The maximum atomic E-state index is 12.3. The van der Waals surface area contributed by atoms with E-state index in [9.17, 15) is 24.9 Å². The lowest BCUT2D eigenvalue weighted by Gasteiger charge is -2.42. The van der Waals surface area contributed by atoms with Gasteiger partial charge in [-0.1, -0.05) is 30.3 Å². The smallest absolute Gasteiger partial charge is 0.341 e. The van der Waals surface area contributed by atoms with Crippen LogP contribution in [0.3, 0.4) is 0 Å². The maximum Gasteiger partial charge on any atom is 0.341 e. The Morgan fingerprint density at radius 2 is 1.86 bits per heavy atom. The zero-order valence-electron chi connectivity index (χ0n) is 15.9. The van der Waals surface area contributed by atoms with Crippen LogP contribution in [-0.4, -0.2) is 71.6 Å². The van der Waals surface area contributed by atoms with Crippen molar-refractivity contribution in [2.45, 2.75) is 37.6 Å². The highest BCUT2D eigenvalue weighted by Crippen LogP contribution is 2.33. The lowest BCUT2D eigenvalue weighted by atomic mass is 9.96. The number of hydrogen-bond acceptors (Lipinski definition) is 8. The fourth-order valence-electron chi connectivity index (χ4n) is 3.33. The van der Waals surface area contributed by atoms with E-state index in [-0.39, 0.29) is 11.3 Å². The number of benzene rings is 2. The molecule has 0 aliphatic carbocycles. The fraction of sp³-hybridized carbons (Fsp3) is 0.400. The predicted octanol–water partition coefficient (Wildman–Crippen LogP) is -0.0511. The maximum absolute atomic E-state index is 12.3. The topological polar surface area (TPSA) is 135 Å². The Morgan fingerprint density at radius 1 is 1.14 bits per heavy atom. The molecule has 5 atom stereocenters. The summed E-state index contributed by atoms with van der Waals surface area (Å²) in [5.74, 6) is -0.987. The van der Waals surface area contributed by atoms with Crippen LogP contribution in [0.5, 0.6) is 5.75 Å². The second kappa shape index (κ2) is 8.75. The Morgan fingerprint density at radius 3 is 2.52 bits per heavy atom. The molecule has 156 valence electrons. The van der Waals surface area contributed by atoms with Gasteiger partial charge in [0.15, 0.2) is 0 Å². The third-order valence-corrected chi connectivity index (χ3v) is 4.77. The van der Waals surface area contributed by atoms with Crippen molar-refractivity contribution in [3.05, 3.63) is 42.0 Å². The second-order valence-corrected chi connectivity index (χ2v) is 6.71. The molecule has 9 nitrogen and oxygen atoms in total. The van der Waals surface area contributed by atoms with E-state index in [0.29, 0.717) is 5.39 Å². The lowest BCUT2D eigenvalue weighted by Crippen LogP contribution is -2.65. The van der Waals surface area contributed by atoms with Crippen molar-refractivity contribution in [2.24, 2.45) is 0 Å². The number of fused-ring (bicyclic) bond motifs is 1. The van der Waals surface area contributed by atoms with Crippen molar-refractivity contribution in [2.75, 3.05) is 13.7 Å². The molecule has 0 bridgehead atoms. The number of amides is 1. The highest BCUT2D eigenvalue weighted by atomic mass is 16.7. The summed E-state index contributed by atoms with van der Waals surface area (Å²) in [7, 11) is 1.24. The molecule has 0 aromatic heterocycles. The molecule has 3 rings (SSSR count). The number of methoxy groups -OCH3 is 1. The van der Waals surface area contributed by atoms with Crippen LogP contribution in [-0.2, 0) is 14.3 Å². The van der Waals surface area contributed by atoms with Gasteiger partial charge < -0.3 is 34.8 Å². The molecule has 1 amide bonds. The molecule has 1 fully saturated rings. The number of ether oxygens (including phenoxy) is 3. The van der Waals surface area contributed by atoms with E-state index >= 15 is 0 Å². The lowest BCUT2D eigenvalue weighted by molar-refractivity contribution is -0.244. The summed E-state index contributed by atoms with van der Waals surface area (Å²) in [6.45, 7) is 0.663. The van der Waals surface area contributed by atoms with Crippen LogP contribution in [0.1, 0.15) is 17.3 Å². The van der Waals surface area contributed by atoms with Crippen LogP contribution < -0.4 is 10.1 Å². The second-order valence-electron chi connectivity index (χ2n) is 6.71.